The third kappa shape index (κ3) is 5.40. The highest BCUT2D eigenvalue weighted by Crippen LogP contribution is 2.28. The quantitative estimate of drug-likeness (QED) is 0.319. The third-order valence-electron chi connectivity index (χ3n) is 6.15. The van der Waals surface area contributed by atoms with E-state index >= 15 is 0 Å². The van der Waals surface area contributed by atoms with Crippen molar-refractivity contribution < 1.29 is 14.3 Å². The average Bonchev–Trinajstić information content (AvgIpc) is 3.08. The number of para-hydroxylation sites is 1. The van der Waals surface area contributed by atoms with Crippen LogP contribution in [-0.4, -0.2) is 43.6 Å². The Morgan fingerprint density at radius 2 is 1.97 bits per heavy atom. The Labute approximate surface area is 189 Å². The zero-order valence-electron chi connectivity index (χ0n) is 19.5. The summed E-state index contributed by atoms with van der Waals surface area (Å²) in [5.41, 5.74) is 4.37. The number of fused-ring (bicyclic) bond motifs is 1. The van der Waals surface area contributed by atoms with Crippen molar-refractivity contribution in [3.8, 4) is 0 Å². The summed E-state index contributed by atoms with van der Waals surface area (Å²) >= 11 is 0. The number of ether oxygens (including phenoxy) is 1. The van der Waals surface area contributed by atoms with Gasteiger partial charge in [0.15, 0.2) is 0 Å². The number of benzene rings is 1. The van der Waals surface area contributed by atoms with E-state index in [1.807, 2.05) is 32.0 Å². The van der Waals surface area contributed by atoms with Gasteiger partial charge in [0.1, 0.15) is 5.76 Å². The van der Waals surface area contributed by atoms with Gasteiger partial charge in [-0.3, -0.25) is 9.59 Å². The number of piperidine rings is 1. The van der Waals surface area contributed by atoms with Crippen molar-refractivity contribution in [2.45, 2.75) is 40.2 Å². The molecule has 3 N–H and O–H groups in total. The second-order valence-corrected chi connectivity index (χ2v) is 8.40. The molecule has 2 heterocycles. The van der Waals surface area contributed by atoms with Gasteiger partial charge >= 0.3 is 0 Å². The van der Waals surface area contributed by atoms with Crippen molar-refractivity contribution in [2.75, 3.05) is 26.7 Å². The van der Waals surface area contributed by atoms with E-state index < -0.39 is 0 Å². The van der Waals surface area contributed by atoms with Crippen LogP contribution in [0.25, 0.3) is 10.9 Å². The monoisotopic (exact) mass is 438 g/mol. The molecule has 0 aliphatic carbocycles. The predicted molar refractivity (Wildman–Crippen MR) is 127 cm³/mol. The number of hydrogen-bond donors (Lipinski definition) is 3. The van der Waals surface area contributed by atoms with Crippen molar-refractivity contribution in [2.24, 2.45) is 5.92 Å². The zero-order valence-corrected chi connectivity index (χ0v) is 19.5. The number of nitrogens with zero attached hydrogens (tertiary/aromatic N) is 1. The van der Waals surface area contributed by atoms with E-state index in [0.29, 0.717) is 30.3 Å². The molecule has 0 atom stereocenters. The molecule has 3 rings (SSSR count). The minimum atomic E-state index is -0.0933. The maximum atomic E-state index is 13.3. The second kappa shape index (κ2) is 11.0. The van der Waals surface area contributed by atoms with Crippen LogP contribution >= 0.6 is 0 Å². The number of hydrogen-bond acceptors (Lipinski definition) is 4. The van der Waals surface area contributed by atoms with Crippen LogP contribution in [-0.2, 0) is 16.1 Å². The molecule has 7 heteroatoms. The number of aromatic nitrogens is 1. The van der Waals surface area contributed by atoms with Crippen LogP contribution in [0.3, 0.4) is 0 Å². The molecule has 2 amide bonds. The van der Waals surface area contributed by atoms with Gasteiger partial charge in [-0.1, -0.05) is 18.2 Å². The zero-order chi connectivity index (χ0) is 23.1. The highest BCUT2D eigenvalue weighted by molar-refractivity contribution is 6.08. The van der Waals surface area contributed by atoms with Crippen molar-refractivity contribution in [3.63, 3.8) is 0 Å². The fraction of sp³-hybridized carbons (Fsp3) is 0.440. The smallest absolute Gasteiger partial charge is 0.253 e. The van der Waals surface area contributed by atoms with E-state index in [0.717, 1.165) is 60.2 Å². The number of allylic oxidation sites excluding steroid dienone is 2. The molecule has 172 valence electrons. The number of carbonyl (C=O) groups is 2. The molecule has 1 saturated heterocycles. The standard InChI is InChI=1S/C25H34N4O3/c1-17(23(32-4)13-18(2)28-16-30)14-27-25(31)24-19(3)29(15-20-9-11-26-12-10-20)22-8-6-5-7-21(22)24/h5-8,13,16,20,26H,9-12,14-15H2,1-4H3,(H,27,31)(H,28,30)/b18-13-,23-17-. The maximum Gasteiger partial charge on any atom is 0.253 e. The number of nitrogens with one attached hydrogen (secondary N) is 3. The lowest BCUT2D eigenvalue weighted by atomic mass is 9.98. The molecular weight excluding hydrogens is 404 g/mol. The average molecular weight is 439 g/mol. The van der Waals surface area contributed by atoms with Crippen LogP contribution in [0.1, 0.15) is 42.7 Å². The number of methoxy groups -OCH3 is 1. The van der Waals surface area contributed by atoms with E-state index in [2.05, 4.69) is 26.6 Å². The van der Waals surface area contributed by atoms with E-state index in [9.17, 15) is 9.59 Å². The van der Waals surface area contributed by atoms with Gasteiger partial charge in [0.2, 0.25) is 6.41 Å². The Bertz CT molecular complexity index is 1030. The van der Waals surface area contributed by atoms with Crippen molar-refractivity contribution >= 4 is 23.2 Å². The molecule has 0 unspecified atom stereocenters. The summed E-state index contributed by atoms with van der Waals surface area (Å²) in [6.07, 6.45) is 4.68. The van der Waals surface area contributed by atoms with Gasteiger partial charge in [0.05, 0.1) is 12.7 Å². The van der Waals surface area contributed by atoms with E-state index in [-0.39, 0.29) is 5.91 Å². The number of amides is 2. The molecule has 1 aliphatic rings. The minimum Gasteiger partial charge on any atom is -0.497 e. The van der Waals surface area contributed by atoms with Crippen molar-refractivity contribution in [3.05, 3.63) is 58.6 Å². The minimum absolute atomic E-state index is 0.0933. The first-order valence-electron chi connectivity index (χ1n) is 11.1. The molecule has 1 aromatic heterocycles. The largest absolute Gasteiger partial charge is 0.497 e. The summed E-state index contributed by atoms with van der Waals surface area (Å²) < 4.78 is 7.74. The molecule has 0 spiro atoms. The highest BCUT2D eigenvalue weighted by Gasteiger charge is 2.22. The lowest BCUT2D eigenvalue weighted by Gasteiger charge is -2.24. The van der Waals surface area contributed by atoms with Crippen LogP contribution in [0.5, 0.6) is 0 Å². The Balaban J connectivity index is 1.83. The normalized spacial score (nSPS) is 15.9. The molecule has 0 bridgehead atoms. The number of rotatable bonds is 9. The topological polar surface area (TPSA) is 84.4 Å². The first-order valence-corrected chi connectivity index (χ1v) is 11.1. The Morgan fingerprint density at radius 1 is 1.25 bits per heavy atom. The summed E-state index contributed by atoms with van der Waals surface area (Å²) in [6.45, 7) is 9.11. The molecule has 1 aliphatic heterocycles. The van der Waals surface area contributed by atoms with E-state index in [1.54, 1.807) is 20.1 Å². The summed E-state index contributed by atoms with van der Waals surface area (Å²) in [5.74, 6) is 1.14. The molecule has 1 fully saturated rings. The Morgan fingerprint density at radius 3 is 2.66 bits per heavy atom. The fourth-order valence-electron chi connectivity index (χ4n) is 4.35. The summed E-state index contributed by atoms with van der Waals surface area (Å²) in [5, 5.41) is 10.0. The lowest BCUT2D eigenvalue weighted by molar-refractivity contribution is -0.108. The fourth-order valence-corrected chi connectivity index (χ4v) is 4.35. The molecule has 0 radical (unpaired) electrons. The van der Waals surface area contributed by atoms with Gasteiger partial charge in [-0.25, -0.2) is 0 Å². The van der Waals surface area contributed by atoms with Crippen LogP contribution in [0.2, 0.25) is 0 Å². The van der Waals surface area contributed by atoms with Crippen LogP contribution < -0.4 is 16.0 Å². The molecular formula is C25H34N4O3. The van der Waals surface area contributed by atoms with Crippen molar-refractivity contribution in [1.82, 2.24) is 20.5 Å². The molecule has 7 nitrogen and oxygen atoms in total. The second-order valence-electron chi connectivity index (χ2n) is 8.40. The molecule has 2 aromatic rings. The third-order valence-corrected chi connectivity index (χ3v) is 6.15. The Kier molecular flexibility index (Phi) is 8.11. The van der Waals surface area contributed by atoms with Gasteiger partial charge in [0, 0.05) is 35.4 Å². The van der Waals surface area contributed by atoms with Gasteiger partial charge < -0.3 is 25.3 Å². The summed E-state index contributed by atoms with van der Waals surface area (Å²) in [6, 6.07) is 8.13. The van der Waals surface area contributed by atoms with Crippen LogP contribution in [0.15, 0.2) is 47.4 Å². The maximum absolute atomic E-state index is 13.3. The van der Waals surface area contributed by atoms with Gasteiger partial charge in [-0.05, 0) is 70.3 Å². The van der Waals surface area contributed by atoms with E-state index in [1.165, 1.54) is 0 Å². The van der Waals surface area contributed by atoms with E-state index in [4.69, 9.17) is 4.74 Å². The first kappa shape index (κ1) is 23.6. The first-order chi connectivity index (χ1) is 15.5. The molecule has 32 heavy (non-hydrogen) atoms. The van der Waals surface area contributed by atoms with Gasteiger partial charge in [-0.15, -0.1) is 0 Å². The molecule has 0 saturated carbocycles. The summed E-state index contributed by atoms with van der Waals surface area (Å²) in [4.78, 5) is 23.9. The summed E-state index contributed by atoms with van der Waals surface area (Å²) in [7, 11) is 1.57. The van der Waals surface area contributed by atoms with Crippen molar-refractivity contribution in [1.29, 1.82) is 0 Å². The SMILES string of the molecule is COC(/C=C(/C)NC=O)=C(/C)CNC(=O)c1c(C)n(CC2CCNCC2)c2ccccc12. The molecule has 1 aromatic carbocycles. The lowest BCUT2D eigenvalue weighted by Crippen LogP contribution is -2.30. The van der Waals surface area contributed by atoms with Crippen LogP contribution in [0, 0.1) is 12.8 Å². The van der Waals surface area contributed by atoms with Gasteiger partial charge in [-0.2, -0.15) is 0 Å². The highest BCUT2D eigenvalue weighted by atomic mass is 16.5. The number of carbonyl (C=O) groups excluding carboxylic acids is 2. The van der Waals surface area contributed by atoms with Crippen LogP contribution in [0.4, 0.5) is 0 Å². The predicted octanol–water partition coefficient (Wildman–Crippen LogP) is 3.25. The van der Waals surface area contributed by atoms with Gasteiger partial charge in [0.25, 0.3) is 5.91 Å². The Hall–Kier alpha value is -3.06.